The lowest BCUT2D eigenvalue weighted by Crippen LogP contribution is -2.29. The van der Waals surface area contributed by atoms with Crippen molar-refractivity contribution in [1.29, 1.82) is 0 Å². The van der Waals surface area contributed by atoms with Crippen LogP contribution in [-0.4, -0.2) is 17.6 Å². The van der Waals surface area contributed by atoms with Gasteiger partial charge in [-0.1, -0.05) is 30.3 Å². The zero-order valence-electron chi connectivity index (χ0n) is 10.2. The molecule has 1 heterocycles. The summed E-state index contributed by atoms with van der Waals surface area (Å²) >= 11 is 0. The molecule has 1 aliphatic heterocycles. The Morgan fingerprint density at radius 3 is 2.74 bits per heavy atom. The smallest absolute Gasteiger partial charge is 0.255 e. The van der Waals surface area contributed by atoms with Crippen LogP contribution in [0.5, 0.6) is 11.5 Å². The third-order valence-electron chi connectivity index (χ3n) is 3.15. The molecule has 0 aromatic heterocycles. The van der Waals surface area contributed by atoms with Gasteiger partial charge in [0.1, 0.15) is 18.1 Å². The number of nitrogens with one attached hydrogen (secondary N) is 1. The van der Waals surface area contributed by atoms with Crippen LogP contribution in [0.1, 0.15) is 22.0 Å². The molecule has 0 saturated carbocycles. The van der Waals surface area contributed by atoms with E-state index in [2.05, 4.69) is 5.32 Å². The van der Waals surface area contributed by atoms with Crippen molar-refractivity contribution in [2.75, 3.05) is 6.61 Å². The van der Waals surface area contributed by atoms with Crippen molar-refractivity contribution < 1.29 is 14.6 Å². The molecule has 0 spiro atoms. The second-order valence-corrected chi connectivity index (χ2v) is 4.39. The number of hydrogen-bond acceptors (Lipinski definition) is 3. The SMILES string of the molecule is O=C(NC1COc2ccccc21)c1ccccc1O. The summed E-state index contributed by atoms with van der Waals surface area (Å²) in [5.74, 6) is 0.473. The van der Waals surface area contributed by atoms with Crippen LogP contribution in [0, 0.1) is 0 Å². The van der Waals surface area contributed by atoms with Gasteiger partial charge in [0, 0.05) is 5.56 Å². The molecule has 2 aromatic rings. The van der Waals surface area contributed by atoms with Crippen LogP contribution in [0.3, 0.4) is 0 Å². The molecule has 1 aliphatic rings. The van der Waals surface area contributed by atoms with E-state index < -0.39 is 0 Å². The highest BCUT2D eigenvalue weighted by Gasteiger charge is 2.25. The van der Waals surface area contributed by atoms with Gasteiger partial charge in [0.25, 0.3) is 5.91 Å². The van der Waals surface area contributed by atoms with Crippen LogP contribution in [0.2, 0.25) is 0 Å². The molecule has 3 rings (SSSR count). The first kappa shape index (κ1) is 11.6. The molecule has 1 unspecified atom stereocenters. The molecule has 0 aliphatic carbocycles. The monoisotopic (exact) mass is 255 g/mol. The highest BCUT2D eigenvalue weighted by molar-refractivity contribution is 5.97. The van der Waals surface area contributed by atoms with E-state index in [4.69, 9.17) is 4.74 Å². The summed E-state index contributed by atoms with van der Waals surface area (Å²) in [4.78, 5) is 12.1. The normalized spacial score (nSPS) is 16.5. The van der Waals surface area contributed by atoms with Crippen LogP contribution in [0.25, 0.3) is 0 Å². The van der Waals surface area contributed by atoms with E-state index in [1.807, 2.05) is 24.3 Å². The van der Waals surface area contributed by atoms with Gasteiger partial charge in [-0.05, 0) is 18.2 Å². The predicted molar refractivity (Wildman–Crippen MR) is 70.3 cm³/mol. The number of carbonyl (C=O) groups excluding carboxylic acids is 1. The summed E-state index contributed by atoms with van der Waals surface area (Å²) in [7, 11) is 0. The molecule has 0 radical (unpaired) electrons. The van der Waals surface area contributed by atoms with Gasteiger partial charge in [-0.2, -0.15) is 0 Å². The van der Waals surface area contributed by atoms with Crippen molar-refractivity contribution in [2.45, 2.75) is 6.04 Å². The fraction of sp³-hybridized carbons (Fsp3) is 0.133. The highest BCUT2D eigenvalue weighted by Crippen LogP contribution is 2.32. The largest absolute Gasteiger partial charge is 0.507 e. The van der Waals surface area contributed by atoms with Gasteiger partial charge in [0.05, 0.1) is 11.6 Å². The lowest BCUT2D eigenvalue weighted by atomic mass is 10.1. The Hall–Kier alpha value is -2.49. The van der Waals surface area contributed by atoms with Gasteiger partial charge >= 0.3 is 0 Å². The molecule has 2 N–H and O–H groups in total. The first-order valence-electron chi connectivity index (χ1n) is 6.06. The number of carbonyl (C=O) groups is 1. The Bertz CT molecular complexity index is 624. The number of phenolic OH excluding ortho intramolecular Hbond substituents is 1. The van der Waals surface area contributed by atoms with Gasteiger partial charge in [-0.25, -0.2) is 0 Å². The Balaban J connectivity index is 1.81. The predicted octanol–water partition coefficient (Wildman–Crippen LogP) is 2.26. The second kappa shape index (κ2) is 4.65. The number of fused-ring (bicyclic) bond motifs is 1. The molecule has 96 valence electrons. The highest BCUT2D eigenvalue weighted by atomic mass is 16.5. The summed E-state index contributed by atoms with van der Waals surface area (Å²) in [6.45, 7) is 0.415. The number of aromatic hydroxyl groups is 1. The fourth-order valence-electron chi connectivity index (χ4n) is 2.18. The number of rotatable bonds is 2. The maximum Gasteiger partial charge on any atom is 0.255 e. The Morgan fingerprint density at radius 2 is 1.89 bits per heavy atom. The van der Waals surface area contributed by atoms with E-state index in [9.17, 15) is 9.90 Å². The van der Waals surface area contributed by atoms with E-state index in [-0.39, 0.29) is 23.3 Å². The van der Waals surface area contributed by atoms with Crippen molar-refractivity contribution in [2.24, 2.45) is 0 Å². The molecule has 2 aromatic carbocycles. The third kappa shape index (κ3) is 2.12. The zero-order chi connectivity index (χ0) is 13.2. The van der Waals surface area contributed by atoms with Gasteiger partial charge in [0.2, 0.25) is 0 Å². The van der Waals surface area contributed by atoms with Crippen molar-refractivity contribution in [3.63, 3.8) is 0 Å². The van der Waals surface area contributed by atoms with E-state index in [0.29, 0.717) is 6.61 Å². The quantitative estimate of drug-likeness (QED) is 0.865. The van der Waals surface area contributed by atoms with Crippen LogP contribution in [-0.2, 0) is 0 Å². The van der Waals surface area contributed by atoms with Gasteiger partial charge < -0.3 is 15.2 Å². The Labute approximate surface area is 110 Å². The zero-order valence-corrected chi connectivity index (χ0v) is 10.2. The molecule has 1 atom stereocenters. The number of ether oxygens (including phenoxy) is 1. The standard InChI is InChI=1S/C15H13NO3/c17-13-7-3-1-6-11(13)15(18)16-12-9-19-14-8-4-2-5-10(12)14/h1-8,12,17H,9H2,(H,16,18). The molecule has 0 bridgehead atoms. The van der Waals surface area contributed by atoms with Crippen LogP contribution >= 0.6 is 0 Å². The molecule has 19 heavy (non-hydrogen) atoms. The lowest BCUT2D eigenvalue weighted by Gasteiger charge is -2.12. The maximum atomic E-state index is 12.1. The molecule has 0 fully saturated rings. The fourth-order valence-corrected chi connectivity index (χ4v) is 2.18. The van der Waals surface area contributed by atoms with Gasteiger partial charge in [-0.15, -0.1) is 0 Å². The summed E-state index contributed by atoms with van der Waals surface area (Å²) in [6, 6.07) is 13.9. The van der Waals surface area contributed by atoms with Crippen molar-refractivity contribution in [3.8, 4) is 11.5 Å². The van der Waals surface area contributed by atoms with E-state index in [1.54, 1.807) is 18.2 Å². The summed E-state index contributed by atoms with van der Waals surface area (Å²) in [5.41, 5.74) is 1.23. The first-order chi connectivity index (χ1) is 9.25. The van der Waals surface area contributed by atoms with E-state index >= 15 is 0 Å². The molecule has 0 saturated heterocycles. The number of hydrogen-bond donors (Lipinski definition) is 2. The minimum atomic E-state index is -0.302. The Morgan fingerprint density at radius 1 is 1.16 bits per heavy atom. The Kier molecular flexibility index (Phi) is 2.83. The molecule has 4 heteroatoms. The van der Waals surface area contributed by atoms with Gasteiger partial charge in [0.15, 0.2) is 0 Å². The average molecular weight is 255 g/mol. The van der Waals surface area contributed by atoms with Crippen LogP contribution in [0.15, 0.2) is 48.5 Å². The maximum absolute atomic E-state index is 12.1. The third-order valence-corrected chi connectivity index (χ3v) is 3.15. The van der Waals surface area contributed by atoms with E-state index in [0.717, 1.165) is 11.3 Å². The van der Waals surface area contributed by atoms with Crippen molar-refractivity contribution in [1.82, 2.24) is 5.32 Å². The molecule has 4 nitrogen and oxygen atoms in total. The van der Waals surface area contributed by atoms with Crippen LogP contribution in [0.4, 0.5) is 0 Å². The number of para-hydroxylation sites is 2. The summed E-state index contributed by atoms with van der Waals surface area (Å²) < 4.78 is 5.50. The molecule has 1 amide bonds. The summed E-state index contributed by atoms with van der Waals surface area (Å²) in [6.07, 6.45) is 0. The molecular formula is C15H13NO3. The lowest BCUT2D eigenvalue weighted by molar-refractivity contribution is 0.0927. The minimum Gasteiger partial charge on any atom is -0.507 e. The molecular weight excluding hydrogens is 242 g/mol. The number of benzene rings is 2. The number of amides is 1. The second-order valence-electron chi connectivity index (χ2n) is 4.39. The van der Waals surface area contributed by atoms with E-state index in [1.165, 1.54) is 6.07 Å². The van der Waals surface area contributed by atoms with Gasteiger partial charge in [-0.3, -0.25) is 4.79 Å². The topological polar surface area (TPSA) is 58.6 Å². The van der Waals surface area contributed by atoms with Crippen LogP contribution < -0.4 is 10.1 Å². The van der Waals surface area contributed by atoms with Crippen molar-refractivity contribution >= 4 is 5.91 Å². The van der Waals surface area contributed by atoms with Crippen molar-refractivity contribution in [3.05, 3.63) is 59.7 Å². The summed E-state index contributed by atoms with van der Waals surface area (Å²) in [5, 5.41) is 12.5. The minimum absolute atomic E-state index is 0.0211. The first-order valence-corrected chi connectivity index (χ1v) is 6.06. The number of phenols is 1. The average Bonchev–Trinajstić information content (AvgIpc) is 2.83.